The normalized spacial score (nSPS) is 14.5. The number of anilines is 1. The molecule has 1 heterocycles. The van der Waals surface area contributed by atoms with E-state index in [9.17, 15) is 9.59 Å². The van der Waals surface area contributed by atoms with Gasteiger partial charge in [-0.05, 0) is 41.8 Å². The lowest BCUT2D eigenvalue weighted by Gasteiger charge is -2.14. The Morgan fingerprint density at radius 3 is 2.44 bits per heavy atom. The first-order chi connectivity index (χ1) is 16.5. The standard InChI is InChI=1S/C27H24N2O3S2/c1-2-19-12-14-22(15-13-19)28-25(30)18-32-23-11-7-6-10-21(23)16-24-26(31)29(27(33)34-24)17-20-8-4-3-5-9-20/h3-16H,2,17-18H2,1H3,(H,28,30)/b24-16-. The first-order valence-corrected chi connectivity index (χ1v) is 12.2. The third-order valence-corrected chi connectivity index (χ3v) is 6.65. The smallest absolute Gasteiger partial charge is 0.266 e. The highest BCUT2D eigenvalue weighted by atomic mass is 32.2. The number of carbonyl (C=O) groups is 2. The number of thioether (sulfide) groups is 1. The minimum absolute atomic E-state index is 0.137. The number of rotatable bonds is 8. The summed E-state index contributed by atoms with van der Waals surface area (Å²) in [5.41, 5.74) is 3.65. The first-order valence-electron chi connectivity index (χ1n) is 10.9. The second-order valence-corrected chi connectivity index (χ2v) is 9.35. The Balaban J connectivity index is 1.42. The summed E-state index contributed by atoms with van der Waals surface area (Å²) in [6, 6.07) is 24.8. The van der Waals surface area contributed by atoms with Crippen molar-refractivity contribution in [2.24, 2.45) is 0 Å². The van der Waals surface area contributed by atoms with E-state index in [0.717, 1.165) is 17.7 Å². The van der Waals surface area contributed by atoms with Crippen molar-refractivity contribution in [3.63, 3.8) is 0 Å². The molecule has 1 aliphatic rings. The van der Waals surface area contributed by atoms with Crippen molar-refractivity contribution >= 4 is 51.9 Å². The van der Waals surface area contributed by atoms with Gasteiger partial charge in [0.15, 0.2) is 6.61 Å². The second kappa shape index (κ2) is 11.1. The fourth-order valence-electron chi connectivity index (χ4n) is 3.44. The molecule has 7 heteroatoms. The van der Waals surface area contributed by atoms with Crippen LogP contribution >= 0.6 is 24.0 Å². The van der Waals surface area contributed by atoms with E-state index in [4.69, 9.17) is 17.0 Å². The minimum atomic E-state index is -0.256. The van der Waals surface area contributed by atoms with E-state index in [0.29, 0.717) is 27.1 Å². The maximum atomic E-state index is 13.0. The van der Waals surface area contributed by atoms with Gasteiger partial charge >= 0.3 is 0 Å². The Kier molecular flexibility index (Phi) is 7.77. The van der Waals surface area contributed by atoms with Crippen LogP contribution in [0.15, 0.2) is 83.8 Å². The molecule has 0 saturated carbocycles. The van der Waals surface area contributed by atoms with Crippen LogP contribution in [0.3, 0.4) is 0 Å². The number of hydrogen-bond acceptors (Lipinski definition) is 5. The van der Waals surface area contributed by atoms with Gasteiger partial charge in [0, 0.05) is 11.3 Å². The van der Waals surface area contributed by atoms with E-state index in [1.807, 2.05) is 72.8 Å². The largest absolute Gasteiger partial charge is 0.483 e. The van der Waals surface area contributed by atoms with Crippen molar-refractivity contribution in [2.75, 3.05) is 11.9 Å². The molecular formula is C27H24N2O3S2. The molecule has 1 aliphatic heterocycles. The minimum Gasteiger partial charge on any atom is -0.483 e. The first kappa shape index (κ1) is 23.7. The highest BCUT2D eigenvalue weighted by molar-refractivity contribution is 8.26. The van der Waals surface area contributed by atoms with Crippen molar-refractivity contribution in [2.45, 2.75) is 19.9 Å². The molecule has 3 aromatic rings. The Labute approximate surface area is 208 Å². The zero-order valence-corrected chi connectivity index (χ0v) is 20.3. The lowest BCUT2D eigenvalue weighted by molar-refractivity contribution is -0.122. The third-order valence-electron chi connectivity index (χ3n) is 5.27. The van der Waals surface area contributed by atoms with E-state index in [1.54, 1.807) is 17.0 Å². The van der Waals surface area contributed by atoms with Crippen LogP contribution in [0.2, 0.25) is 0 Å². The maximum Gasteiger partial charge on any atom is 0.266 e. The number of hydrogen-bond donors (Lipinski definition) is 1. The van der Waals surface area contributed by atoms with Crippen molar-refractivity contribution in [1.29, 1.82) is 0 Å². The van der Waals surface area contributed by atoms with Gasteiger partial charge in [0.2, 0.25) is 0 Å². The van der Waals surface area contributed by atoms with Crippen LogP contribution in [0, 0.1) is 0 Å². The summed E-state index contributed by atoms with van der Waals surface area (Å²) in [7, 11) is 0. The Morgan fingerprint density at radius 1 is 1.00 bits per heavy atom. The Morgan fingerprint density at radius 2 is 1.71 bits per heavy atom. The second-order valence-electron chi connectivity index (χ2n) is 7.68. The van der Waals surface area contributed by atoms with Crippen LogP contribution < -0.4 is 10.1 Å². The van der Waals surface area contributed by atoms with Crippen molar-refractivity contribution < 1.29 is 14.3 Å². The summed E-state index contributed by atoms with van der Waals surface area (Å²) >= 11 is 6.72. The number of benzene rings is 3. The zero-order chi connectivity index (χ0) is 23.9. The number of amides is 2. The molecule has 0 aliphatic carbocycles. The third kappa shape index (κ3) is 5.92. The Hall–Kier alpha value is -3.42. The molecule has 1 N–H and O–H groups in total. The van der Waals surface area contributed by atoms with Gasteiger partial charge in [-0.15, -0.1) is 0 Å². The lowest BCUT2D eigenvalue weighted by atomic mass is 10.1. The van der Waals surface area contributed by atoms with Gasteiger partial charge in [0.25, 0.3) is 11.8 Å². The SMILES string of the molecule is CCc1ccc(NC(=O)COc2ccccc2/C=C2\SC(=S)N(Cc3ccccc3)C2=O)cc1. The van der Waals surface area contributed by atoms with Crippen LogP contribution in [0.1, 0.15) is 23.6 Å². The van der Waals surface area contributed by atoms with E-state index in [1.165, 1.54) is 17.3 Å². The molecule has 2 amide bonds. The van der Waals surface area contributed by atoms with Gasteiger partial charge in [-0.2, -0.15) is 0 Å². The molecule has 0 unspecified atom stereocenters. The number of nitrogens with zero attached hydrogens (tertiary/aromatic N) is 1. The summed E-state index contributed by atoms with van der Waals surface area (Å²) in [5.74, 6) is 0.127. The molecule has 0 aromatic heterocycles. The number of nitrogens with one attached hydrogen (secondary N) is 1. The van der Waals surface area contributed by atoms with Gasteiger partial charge in [-0.1, -0.05) is 91.6 Å². The topological polar surface area (TPSA) is 58.6 Å². The molecule has 5 nitrogen and oxygen atoms in total. The quantitative estimate of drug-likeness (QED) is 0.327. The zero-order valence-electron chi connectivity index (χ0n) is 18.7. The average molecular weight is 489 g/mol. The fraction of sp³-hybridized carbons (Fsp3) is 0.148. The molecule has 4 rings (SSSR count). The molecule has 3 aromatic carbocycles. The number of carbonyl (C=O) groups excluding carboxylic acids is 2. The van der Waals surface area contributed by atoms with Gasteiger partial charge < -0.3 is 10.1 Å². The molecule has 0 atom stereocenters. The van der Waals surface area contributed by atoms with Crippen LogP contribution in [0.4, 0.5) is 5.69 Å². The lowest BCUT2D eigenvalue weighted by Crippen LogP contribution is -2.27. The van der Waals surface area contributed by atoms with Crippen LogP contribution in [-0.2, 0) is 22.6 Å². The van der Waals surface area contributed by atoms with Gasteiger partial charge in [-0.3, -0.25) is 14.5 Å². The highest BCUT2D eigenvalue weighted by Gasteiger charge is 2.32. The number of thiocarbonyl (C=S) groups is 1. The fourth-order valence-corrected chi connectivity index (χ4v) is 4.68. The van der Waals surface area contributed by atoms with Crippen LogP contribution in [-0.4, -0.2) is 27.6 Å². The van der Waals surface area contributed by atoms with E-state index in [2.05, 4.69) is 12.2 Å². The van der Waals surface area contributed by atoms with Crippen LogP contribution in [0.5, 0.6) is 5.75 Å². The molecular weight excluding hydrogens is 464 g/mol. The van der Waals surface area contributed by atoms with Crippen LogP contribution in [0.25, 0.3) is 6.08 Å². The molecule has 34 heavy (non-hydrogen) atoms. The summed E-state index contributed by atoms with van der Waals surface area (Å²) in [5, 5.41) is 2.84. The molecule has 172 valence electrons. The summed E-state index contributed by atoms with van der Waals surface area (Å²) < 4.78 is 6.31. The molecule has 0 bridgehead atoms. The summed E-state index contributed by atoms with van der Waals surface area (Å²) in [4.78, 5) is 27.5. The molecule has 0 spiro atoms. The van der Waals surface area contributed by atoms with E-state index in [-0.39, 0.29) is 18.4 Å². The molecule has 1 fully saturated rings. The monoisotopic (exact) mass is 488 g/mol. The van der Waals surface area contributed by atoms with E-state index >= 15 is 0 Å². The van der Waals surface area contributed by atoms with Gasteiger partial charge in [0.05, 0.1) is 11.4 Å². The average Bonchev–Trinajstić information content (AvgIpc) is 3.12. The van der Waals surface area contributed by atoms with Crippen molar-refractivity contribution in [3.05, 3.63) is 100 Å². The molecule has 0 radical (unpaired) electrons. The van der Waals surface area contributed by atoms with Crippen molar-refractivity contribution in [1.82, 2.24) is 4.90 Å². The highest BCUT2D eigenvalue weighted by Crippen LogP contribution is 2.35. The van der Waals surface area contributed by atoms with Crippen molar-refractivity contribution in [3.8, 4) is 5.75 Å². The molecule has 1 saturated heterocycles. The summed E-state index contributed by atoms with van der Waals surface area (Å²) in [6.45, 7) is 2.37. The van der Waals surface area contributed by atoms with Gasteiger partial charge in [0.1, 0.15) is 10.1 Å². The predicted molar refractivity (Wildman–Crippen MR) is 142 cm³/mol. The van der Waals surface area contributed by atoms with Gasteiger partial charge in [-0.25, -0.2) is 0 Å². The number of ether oxygens (including phenoxy) is 1. The Bertz CT molecular complexity index is 1220. The van der Waals surface area contributed by atoms with E-state index < -0.39 is 0 Å². The predicted octanol–water partition coefficient (Wildman–Crippen LogP) is 5.67. The number of para-hydroxylation sites is 1. The number of aryl methyl sites for hydroxylation is 1. The summed E-state index contributed by atoms with van der Waals surface area (Å²) in [6.07, 6.45) is 2.71. The maximum absolute atomic E-state index is 13.0.